The first kappa shape index (κ1) is 20.3. The lowest BCUT2D eigenvalue weighted by molar-refractivity contribution is 0.0834. The van der Waals surface area contributed by atoms with Crippen LogP contribution in [0.4, 0.5) is 0 Å². The molecule has 5 rings (SSSR count). The maximum Gasteiger partial charge on any atom is 0.279 e. The number of benzene rings is 1. The lowest BCUT2D eigenvalue weighted by Crippen LogP contribution is -2.22. The maximum atomic E-state index is 12.9. The molecule has 1 aliphatic rings. The van der Waals surface area contributed by atoms with Crippen LogP contribution in [0.25, 0.3) is 16.8 Å². The Kier molecular flexibility index (Phi) is 5.30. The summed E-state index contributed by atoms with van der Waals surface area (Å²) in [7, 11) is 3.62. The van der Waals surface area contributed by atoms with E-state index in [1.54, 1.807) is 17.9 Å². The molecule has 1 saturated heterocycles. The normalized spacial score (nSPS) is 14.9. The average molecular weight is 531 g/mol. The summed E-state index contributed by atoms with van der Waals surface area (Å²) in [5, 5.41) is 4.51. The number of halogens is 1. The molecule has 4 aromatic rings. The number of aromatic nitrogens is 5. The first-order valence-electron chi connectivity index (χ1n) is 10.1. The third kappa shape index (κ3) is 3.76. The van der Waals surface area contributed by atoms with Gasteiger partial charge in [0.25, 0.3) is 5.56 Å². The minimum absolute atomic E-state index is 0.136. The van der Waals surface area contributed by atoms with Crippen molar-refractivity contribution in [2.24, 2.45) is 14.1 Å². The quantitative estimate of drug-likeness (QED) is 0.376. The molecule has 0 amide bonds. The second-order valence-electron chi connectivity index (χ2n) is 7.72. The van der Waals surface area contributed by atoms with Crippen LogP contribution in [0.15, 0.2) is 47.7 Å². The summed E-state index contributed by atoms with van der Waals surface area (Å²) in [5.74, 6) is 2.28. The molecule has 0 bridgehead atoms. The van der Waals surface area contributed by atoms with Crippen molar-refractivity contribution in [3.8, 4) is 22.9 Å². The summed E-state index contributed by atoms with van der Waals surface area (Å²) in [5.41, 5.74) is 2.36. The van der Waals surface area contributed by atoms with E-state index >= 15 is 0 Å². The molecule has 9 heteroatoms. The van der Waals surface area contributed by atoms with Crippen LogP contribution in [0.2, 0.25) is 0 Å². The van der Waals surface area contributed by atoms with E-state index in [-0.39, 0.29) is 11.5 Å². The molecule has 0 N–H and O–H groups in total. The van der Waals surface area contributed by atoms with Gasteiger partial charge < -0.3 is 9.47 Å². The van der Waals surface area contributed by atoms with Gasteiger partial charge in [-0.05, 0) is 59.7 Å². The van der Waals surface area contributed by atoms with E-state index in [0.717, 1.165) is 46.7 Å². The third-order valence-electron chi connectivity index (χ3n) is 5.64. The molecular formula is C22H22IN5O3. The van der Waals surface area contributed by atoms with E-state index in [4.69, 9.17) is 9.47 Å². The van der Waals surface area contributed by atoms with Crippen LogP contribution in [0, 0.1) is 3.57 Å². The van der Waals surface area contributed by atoms with Crippen LogP contribution in [0.5, 0.6) is 11.6 Å². The van der Waals surface area contributed by atoms with Crippen molar-refractivity contribution in [1.29, 1.82) is 0 Å². The minimum atomic E-state index is -0.136. The predicted octanol–water partition coefficient (Wildman–Crippen LogP) is 3.72. The van der Waals surface area contributed by atoms with E-state index in [2.05, 4.69) is 32.7 Å². The summed E-state index contributed by atoms with van der Waals surface area (Å²) < 4.78 is 17.8. The first-order chi connectivity index (χ1) is 15.0. The van der Waals surface area contributed by atoms with Gasteiger partial charge in [-0.2, -0.15) is 5.10 Å². The van der Waals surface area contributed by atoms with Crippen molar-refractivity contribution >= 4 is 28.1 Å². The molecule has 4 heterocycles. The predicted molar refractivity (Wildman–Crippen MR) is 125 cm³/mol. The van der Waals surface area contributed by atoms with Gasteiger partial charge in [-0.3, -0.25) is 18.4 Å². The van der Waals surface area contributed by atoms with Gasteiger partial charge in [0.1, 0.15) is 22.8 Å². The molecule has 3 aromatic heterocycles. The summed E-state index contributed by atoms with van der Waals surface area (Å²) in [6.07, 6.45) is 7.29. The highest BCUT2D eigenvalue weighted by Crippen LogP contribution is 2.29. The van der Waals surface area contributed by atoms with Crippen molar-refractivity contribution in [2.75, 3.05) is 13.2 Å². The highest BCUT2D eigenvalue weighted by molar-refractivity contribution is 14.1. The molecule has 0 saturated carbocycles. The lowest BCUT2D eigenvalue weighted by atomic mass is 10.00. The second kappa shape index (κ2) is 8.12. The van der Waals surface area contributed by atoms with Gasteiger partial charge in [0.2, 0.25) is 5.88 Å². The highest BCUT2D eigenvalue weighted by Gasteiger charge is 2.22. The first-order valence-corrected chi connectivity index (χ1v) is 11.2. The van der Waals surface area contributed by atoms with Crippen molar-refractivity contribution in [3.05, 3.63) is 62.6 Å². The zero-order valence-corrected chi connectivity index (χ0v) is 19.4. The van der Waals surface area contributed by atoms with Gasteiger partial charge in [0.05, 0.1) is 16.0 Å². The van der Waals surface area contributed by atoms with E-state index in [1.807, 2.05) is 48.1 Å². The van der Waals surface area contributed by atoms with Crippen molar-refractivity contribution < 1.29 is 9.47 Å². The molecule has 0 unspecified atom stereocenters. The summed E-state index contributed by atoms with van der Waals surface area (Å²) in [6.45, 7) is 1.44. The van der Waals surface area contributed by atoms with Crippen LogP contribution in [0.1, 0.15) is 24.6 Å². The number of fused-ring (bicyclic) bond motifs is 1. The molecule has 0 aliphatic carbocycles. The van der Waals surface area contributed by atoms with E-state index < -0.39 is 0 Å². The van der Waals surface area contributed by atoms with E-state index in [1.165, 1.54) is 4.57 Å². The van der Waals surface area contributed by atoms with Crippen LogP contribution in [-0.4, -0.2) is 36.9 Å². The fourth-order valence-electron chi connectivity index (χ4n) is 3.95. The molecule has 0 atom stereocenters. The Balaban J connectivity index is 1.48. The zero-order valence-electron chi connectivity index (χ0n) is 17.3. The van der Waals surface area contributed by atoms with Gasteiger partial charge >= 0.3 is 0 Å². The van der Waals surface area contributed by atoms with Gasteiger partial charge in [-0.1, -0.05) is 0 Å². The van der Waals surface area contributed by atoms with Gasteiger partial charge in [0, 0.05) is 45.0 Å². The largest absolute Gasteiger partial charge is 0.439 e. The maximum absolute atomic E-state index is 12.9. The van der Waals surface area contributed by atoms with Crippen molar-refractivity contribution in [2.45, 2.75) is 18.8 Å². The van der Waals surface area contributed by atoms with Crippen molar-refractivity contribution in [3.63, 3.8) is 0 Å². The Morgan fingerprint density at radius 1 is 1.13 bits per heavy atom. The zero-order chi connectivity index (χ0) is 21.5. The number of hydrogen-bond donors (Lipinski definition) is 0. The Bertz CT molecular complexity index is 1300. The van der Waals surface area contributed by atoms with Crippen molar-refractivity contribution in [1.82, 2.24) is 23.7 Å². The summed E-state index contributed by atoms with van der Waals surface area (Å²) in [4.78, 5) is 17.5. The second-order valence-corrected chi connectivity index (χ2v) is 8.88. The van der Waals surface area contributed by atoms with Crippen LogP contribution >= 0.6 is 22.6 Å². The highest BCUT2D eigenvalue weighted by atomic mass is 127. The summed E-state index contributed by atoms with van der Waals surface area (Å²) >= 11 is 2.28. The Morgan fingerprint density at radius 2 is 1.87 bits per heavy atom. The average Bonchev–Trinajstić information content (AvgIpc) is 3.35. The fraction of sp³-hybridized carbons (Fsp3) is 0.318. The third-order valence-corrected chi connectivity index (χ3v) is 6.43. The molecule has 31 heavy (non-hydrogen) atoms. The number of hydrogen-bond acceptors (Lipinski definition) is 5. The fourth-order valence-corrected chi connectivity index (χ4v) is 4.77. The molecule has 0 radical (unpaired) electrons. The minimum Gasteiger partial charge on any atom is -0.439 e. The smallest absolute Gasteiger partial charge is 0.279 e. The Hall–Kier alpha value is -2.66. The number of imidazole rings is 1. The Morgan fingerprint density at radius 3 is 2.55 bits per heavy atom. The van der Waals surface area contributed by atoms with Gasteiger partial charge in [0.15, 0.2) is 0 Å². The monoisotopic (exact) mass is 531 g/mol. The molecule has 8 nitrogen and oxygen atoms in total. The van der Waals surface area contributed by atoms with Gasteiger partial charge in [-0.15, -0.1) is 0 Å². The summed E-state index contributed by atoms with van der Waals surface area (Å²) in [6, 6.07) is 7.73. The molecule has 160 valence electrons. The van der Waals surface area contributed by atoms with Crippen LogP contribution < -0.4 is 10.3 Å². The van der Waals surface area contributed by atoms with Crippen LogP contribution in [-0.2, 0) is 18.8 Å². The number of ether oxygens (including phenoxy) is 2. The molecular weight excluding hydrogens is 509 g/mol. The molecule has 1 aromatic carbocycles. The topological polar surface area (TPSA) is 75.6 Å². The number of nitrogens with zero attached hydrogens (tertiary/aromatic N) is 5. The standard InChI is InChI=1S/C22H22IN5O3/c1-26-12-17(23)20(25-26)14-3-5-16(6-4-14)31-19-13-28-18(22(29)27(19)2)11-24-21(28)15-7-9-30-10-8-15/h3-6,11-13,15H,7-10H2,1-2H3. The van der Waals surface area contributed by atoms with Crippen LogP contribution in [0.3, 0.4) is 0 Å². The van der Waals surface area contributed by atoms with Gasteiger partial charge in [-0.25, -0.2) is 4.98 Å². The number of aryl methyl sites for hydroxylation is 1. The molecule has 1 fully saturated rings. The molecule has 0 spiro atoms. The van der Waals surface area contributed by atoms with E-state index in [0.29, 0.717) is 17.1 Å². The SMILES string of the molecule is Cn1cc(I)c(-c2ccc(Oc3cn4c(C5CCOCC5)ncc4c(=O)n3C)cc2)n1. The van der Waals surface area contributed by atoms with E-state index in [9.17, 15) is 4.79 Å². The lowest BCUT2D eigenvalue weighted by Gasteiger charge is -2.21. The number of rotatable bonds is 4. The molecule has 1 aliphatic heterocycles. The Labute approximate surface area is 192 Å².